The smallest absolute Gasteiger partial charge is 0.254 e. The Hall–Kier alpha value is -3.72. The summed E-state index contributed by atoms with van der Waals surface area (Å²) >= 11 is 1.27. The molecule has 188 valence electrons. The molecule has 0 saturated heterocycles. The number of rotatable bonds is 8. The first-order chi connectivity index (χ1) is 17.3. The largest absolute Gasteiger partial charge is 0.497 e. The van der Waals surface area contributed by atoms with Gasteiger partial charge in [-0.1, -0.05) is 24.3 Å². The van der Waals surface area contributed by atoms with Gasteiger partial charge in [-0.2, -0.15) is 0 Å². The highest BCUT2D eigenvalue weighted by atomic mass is 32.1. The summed E-state index contributed by atoms with van der Waals surface area (Å²) in [6, 6.07) is 14.8. The molecule has 1 N–H and O–H groups in total. The van der Waals surface area contributed by atoms with Gasteiger partial charge in [-0.15, -0.1) is 11.3 Å². The second-order valence-electron chi connectivity index (χ2n) is 8.96. The van der Waals surface area contributed by atoms with Crippen molar-refractivity contribution < 1.29 is 19.1 Å². The molecule has 2 heterocycles. The molecule has 0 aliphatic carbocycles. The maximum Gasteiger partial charge on any atom is 0.254 e. The highest BCUT2D eigenvalue weighted by Crippen LogP contribution is 2.21. The van der Waals surface area contributed by atoms with Crippen molar-refractivity contribution >= 4 is 34.2 Å². The van der Waals surface area contributed by atoms with Crippen molar-refractivity contribution in [3.63, 3.8) is 0 Å². The van der Waals surface area contributed by atoms with Gasteiger partial charge in [0.15, 0.2) is 5.13 Å². The van der Waals surface area contributed by atoms with Crippen molar-refractivity contribution in [2.75, 3.05) is 25.5 Å². The van der Waals surface area contributed by atoms with Crippen molar-refractivity contribution in [3.05, 3.63) is 76.3 Å². The van der Waals surface area contributed by atoms with Crippen LogP contribution in [-0.2, 0) is 29.0 Å². The summed E-state index contributed by atoms with van der Waals surface area (Å²) < 4.78 is 5.14. The number of amides is 3. The van der Waals surface area contributed by atoms with E-state index in [1.54, 1.807) is 36.8 Å². The Balaban J connectivity index is 1.32. The van der Waals surface area contributed by atoms with Crippen LogP contribution in [0.5, 0.6) is 5.75 Å². The number of hydrogen-bond acceptors (Lipinski definition) is 6. The summed E-state index contributed by atoms with van der Waals surface area (Å²) in [5, 5.41) is 4.96. The number of carbonyl (C=O) groups is 3. The average molecular weight is 507 g/mol. The molecule has 0 unspecified atom stereocenters. The molecule has 1 aliphatic heterocycles. The van der Waals surface area contributed by atoms with E-state index < -0.39 is 0 Å². The first kappa shape index (κ1) is 25.4. The van der Waals surface area contributed by atoms with Gasteiger partial charge < -0.3 is 19.9 Å². The Bertz CT molecular complexity index is 1240. The number of nitrogens with zero attached hydrogens (tertiary/aromatic N) is 3. The molecule has 4 rings (SSSR count). The maximum atomic E-state index is 13.0. The monoisotopic (exact) mass is 506 g/mol. The molecule has 0 fully saturated rings. The van der Waals surface area contributed by atoms with E-state index in [0.717, 1.165) is 6.42 Å². The van der Waals surface area contributed by atoms with E-state index in [2.05, 4.69) is 22.4 Å². The van der Waals surface area contributed by atoms with E-state index in [1.165, 1.54) is 27.4 Å². The number of carbonyl (C=O) groups excluding carboxylic acids is 3. The summed E-state index contributed by atoms with van der Waals surface area (Å²) in [5.41, 5.74) is 3.57. The zero-order valence-corrected chi connectivity index (χ0v) is 21.5. The number of fused-ring (bicyclic) bond motifs is 1. The van der Waals surface area contributed by atoms with Gasteiger partial charge in [-0.05, 0) is 55.7 Å². The van der Waals surface area contributed by atoms with E-state index in [9.17, 15) is 14.4 Å². The first-order valence-electron chi connectivity index (χ1n) is 11.9. The zero-order valence-electron chi connectivity index (χ0n) is 20.7. The van der Waals surface area contributed by atoms with Gasteiger partial charge in [-0.3, -0.25) is 14.4 Å². The molecule has 0 atom stereocenters. The normalized spacial score (nSPS) is 12.7. The molecule has 1 aliphatic rings. The molecule has 0 saturated carbocycles. The minimum Gasteiger partial charge on any atom is -0.497 e. The molecule has 2 aromatic carbocycles. The molecule has 1 aromatic heterocycles. The molecule has 0 spiro atoms. The number of methoxy groups -OCH3 is 1. The van der Waals surface area contributed by atoms with E-state index in [-0.39, 0.29) is 36.7 Å². The van der Waals surface area contributed by atoms with E-state index in [0.29, 0.717) is 35.2 Å². The molecule has 9 heteroatoms. The fourth-order valence-electron chi connectivity index (χ4n) is 4.12. The number of anilines is 1. The number of aromatic nitrogens is 1. The number of ether oxygens (including phenoxy) is 1. The van der Waals surface area contributed by atoms with Crippen LogP contribution < -0.4 is 10.1 Å². The summed E-state index contributed by atoms with van der Waals surface area (Å²) in [7, 11) is 1.56. The third-order valence-electron chi connectivity index (χ3n) is 6.15. The third kappa shape index (κ3) is 6.09. The van der Waals surface area contributed by atoms with Gasteiger partial charge in [0.1, 0.15) is 12.3 Å². The lowest BCUT2D eigenvalue weighted by Crippen LogP contribution is -2.42. The third-order valence-corrected chi connectivity index (χ3v) is 6.96. The first-order valence-corrected chi connectivity index (χ1v) is 12.8. The summed E-state index contributed by atoms with van der Waals surface area (Å²) in [4.78, 5) is 46.3. The van der Waals surface area contributed by atoms with Crippen LogP contribution in [0.25, 0.3) is 0 Å². The summed E-state index contributed by atoms with van der Waals surface area (Å²) in [6.07, 6.45) is 1.03. The van der Waals surface area contributed by atoms with Crippen molar-refractivity contribution in [1.29, 1.82) is 0 Å². The van der Waals surface area contributed by atoms with E-state index in [4.69, 9.17) is 4.74 Å². The summed E-state index contributed by atoms with van der Waals surface area (Å²) in [6.45, 7) is 4.91. The predicted molar refractivity (Wildman–Crippen MR) is 139 cm³/mol. The van der Waals surface area contributed by atoms with Gasteiger partial charge in [0.2, 0.25) is 11.8 Å². The molecule has 0 radical (unpaired) electrons. The minimum atomic E-state index is -0.342. The van der Waals surface area contributed by atoms with Gasteiger partial charge >= 0.3 is 0 Å². The van der Waals surface area contributed by atoms with E-state index >= 15 is 0 Å². The fraction of sp³-hybridized carbons (Fsp3) is 0.333. The Labute approximate surface area is 214 Å². The van der Waals surface area contributed by atoms with Crippen LogP contribution >= 0.6 is 11.3 Å². The van der Waals surface area contributed by atoms with Crippen LogP contribution in [0.15, 0.2) is 53.9 Å². The Morgan fingerprint density at radius 3 is 2.53 bits per heavy atom. The standard InChI is InChI=1S/C27H30N4O4S/c1-18(2)31(26(34)20-8-10-23(35-3)11-9-20)16-24(32)29-27-28-22(17-36-27)14-25(33)30-13-12-19-6-4-5-7-21(19)15-30/h4-11,17-18H,12-16H2,1-3H3,(H,28,29,32). The average Bonchev–Trinajstić information content (AvgIpc) is 3.32. The molecule has 3 amide bonds. The Morgan fingerprint density at radius 2 is 1.83 bits per heavy atom. The molecule has 36 heavy (non-hydrogen) atoms. The molecular formula is C27H30N4O4S. The lowest BCUT2D eigenvalue weighted by molar-refractivity contribution is -0.131. The Morgan fingerprint density at radius 1 is 1.11 bits per heavy atom. The number of nitrogens with one attached hydrogen (secondary N) is 1. The maximum absolute atomic E-state index is 13.0. The minimum absolute atomic E-state index is 0.0174. The SMILES string of the molecule is COc1ccc(C(=O)N(CC(=O)Nc2nc(CC(=O)N3CCc4ccccc4C3)cs2)C(C)C)cc1. The van der Waals surface area contributed by atoms with Gasteiger partial charge in [0, 0.05) is 30.1 Å². The second kappa shape index (κ2) is 11.3. The number of benzene rings is 2. The van der Waals surface area contributed by atoms with Crippen molar-refractivity contribution in [3.8, 4) is 5.75 Å². The lowest BCUT2D eigenvalue weighted by atomic mass is 10.00. The van der Waals surface area contributed by atoms with Crippen molar-refractivity contribution in [2.45, 2.75) is 39.3 Å². The van der Waals surface area contributed by atoms with Crippen LogP contribution in [0, 0.1) is 0 Å². The fourth-order valence-corrected chi connectivity index (χ4v) is 4.85. The highest BCUT2D eigenvalue weighted by molar-refractivity contribution is 7.13. The van der Waals surface area contributed by atoms with Gasteiger partial charge in [0.05, 0.1) is 19.2 Å². The van der Waals surface area contributed by atoms with E-state index in [1.807, 2.05) is 30.9 Å². The van der Waals surface area contributed by atoms with Crippen LogP contribution in [0.2, 0.25) is 0 Å². The summed E-state index contributed by atoms with van der Waals surface area (Å²) in [5.74, 6) is 0.0917. The molecule has 0 bridgehead atoms. The predicted octanol–water partition coefficient (Wildman–Crippen LogP) is 3.77. The number of thiazole rings is 1. The van der Waals surface area contributed by atoms with Crippen LogP contribution in [0.4, 0.5) is 5.13 Å². The van der Waals surface area contributed by atoms with Crippen molar-refractivity contribution in [1.82, 2.24) is 14.8 Å². The second-order valence-corrected chi connectivity index (χ2v) is 9.82. The highest BCUT2D eigenvalue weighted by Gasteiger charge is 2.23. The van der Waals surface area contributed by atoms with Crippen molar-refractivity contribution in [2.24, 2.45) is 0 Å². The Kier molecular flexibility index (Phi) is 8.00. The topological polar surface area (TPSA) is 91.8 Å². The lowest BCUT2D eigenvalue weighted by Gasteiger charge is -2.28. The zero-order chi connectivity index (χ0) is 25.7. The molecule has 8 nitrogen and oxygen atoms in total. The van der Waals surface area contributed by atoms with Gasteiger partial charge in [0.25, 0.3) is 5.91 Å². The van der Waals surface area contributed by atoms with Gasteiger partial charge in [-0.25, -0.2) is 4.98 Å². The quantitative estimate of drug-likeness (QED) is 0.502. The van der Waals surface area contributed by atoms with Crippen LogP contribution in [-0.4, -0.2) is 58.7 Å². The van der Waals surface area contributed by atoms with Crippen LogP contribution in [0.3, 0.4) is 0 Å². The molecular weight excluding hydrogens is 476 g/mol. The number of hydrogen-bond donors (Lipinski definition) is 1. The molecule has 3 aromatic rings. The van der Waals surface area contributed by atoms with Crippen LogP contribution in [0.1, 0.15) is 41.0 Å².